The van der Waals surface area contributed by atoms with Gasteiger partial charge in [0.15, 0.2) is 0 Å². The van der Waals surface area contributed by atoms with Crippen molar-refractivity contribution in [1.82, 2.24) is 9.88 Å². The highest BCUT2D eigenvalue weighted by atomic mass is 16.6. The Kier molecular flexibility index (Phi) is 3.70. The molecule has 0 saturated carbocycles. The number of rotatable bonds is 4. The predicted octanol–water partition coefficient (Wildman–Crippen LogP) is 0.237. The number of carbonyl (C=O) groups excluding carboxylic acids is 1. The molecule has 108 valence electrons. The van der Waals surface area contributed by atoms with Crippen LogP contribution in [-0.4, -0.2) is 57.6 Å². The van der Waals surface area contributed by atoms with Crippen LogP contribution < -0.4 is 0 Å². The number of amides is 1. The van der Waals surface area contributed by atoms with Crippen LogP contribution >= 0.6 is 0 Å². The maximum atomic E-state index is 12.2. The van der Waals surface area contributed by atoms with Gasteiger partial charge in [-0.05, 0) is 0 Å². The number of carbonyl (C=O) groups is 2. The van der Waals surface area contributed by atoms with E-state index in [1.165, 1.54) is 7.11 Å². The third-order valence-electron chi connectivity index (χ3n) is 3.25. The Labute approximate surface area is 113 Å². The Morgan fingerprint density at radius 3 is 2.80 bits per heavy atom. The lowest BCUT2D eigenvalue weighted by Gasteiger charge is -2.20. The van der Waals surface area contributed by atoms with Gasteiger partial charge in [0.2, 0.25) is 0 Å². The Bertz CT molecular complexity index is 554. The van der Waals surface area contributed by atoms with E-state index in [9.17, 15) is 19.7 Å². The van der Waals surface area contributed by atoms with Crippen molar-refractivity contribution in [3.05, 3.63) is 28.1 Å². The average molecular weight is 283 g/mol. The highest BCUT2D eigenvalue weighted by Gasteiger charge is 2.40. The van der Waals surface area contributed by atoms with Crippen molar-refractivity contribution < 1.29 is 24.4 Å². The number of nitrogens with one attached hydrogen (secondary N) is 1. The number of H-pyrrole nitrogens is 1. The van der Waals surface area contributed by atoms with Crippen molar-refractivity contribution >= 4 is 17.6 Å². The molecule has 2 N–H and O–H groups in total. The Hall–Kier alpha value is -2.42. The molecule has 0 aliphatic carbocycles. The number of carboxylic acids is 1. The highest BCUT2D eigenvalue weighted by molar-refractivity contribution is 5.96. The molecule has 0 bridgehead atoms. The van der Waals surface area contributed by atoms with Crippen molar-refractivity contribution in [3.63, 3.8) is 0 Å². The van der Waals surface area contributed by atoms with Crippen LogP contribution in [0.5, 0.6) is 0 Å². The fourth-order valence-corrected chi connectivity index (χ4v) is 2.19. The molecular weight excluding hydrogens is 270 g/mol. The first-order valence-electron chi connectivity index (χ1n) is 5.83. The summed E-state index contributed by atoms with van der Waals surface area (Å²) in [5, 5.41) is 19.7. The summed E-state index contributed by atoms with van der Waals surface area (Å²) in [5.41, 5.74) is -0.262. The maximum Gasteiger partial charge on any atom is 0.326 e. The number of nitro groups is 1. The van der Waals surface area contributed by atoms with Crippen LogP contribution in [0.3, 0.4) is 0 Å². The molecule has 0 aromatic carbocycles. The molecule has 1 saturated heterocycles. The Balaban J connectivity index is 2.21. The van der Waals surface area contributed by atoms with Crippen LogP contribution in [0, 0.1) is 10.1 Å². The molecule has 2 heterocycles. The van der Waals surface area contributed by atoms with Crippen LogP contribution in [0.1, 0.15) is 16.9 Å². The summed E-state index contributed by atoms with van der Waals surface area (Å²) in [6.07, 6.45) is 0.928. The van der Waals surface area contributed by atoms with Crippen LogP contribution in [-0.2, 0) is 9.53 Å². The lowest BCUT2D eigenvalue weighted by molar-refractivity contribution is -0.384. The van der Waals surface area contributed by atoms with E-state index >= 15 is 0 Å². The topological polar surface area (TPSA) is 126 Å². The van der Waals surface area contributed by atoms with E-state index in [0.29, 0.717) is 0 Å². The number of ether oxygens (including phenoxy) is 1. The molecule has 1 amide bonds. The fraction of sp³-hybridized carbons (Fsp3) is 0.455. The summed E-state index contributed by atoms with van der Waals surface area (Å²) < 4.78 is 5.08. The number of hydrogen-bond acceptors (Lipinski definition) is 5. The van der Waals surface area contributed by atoms with Gasteiger partial charge in [0.05, 0.1) is 17.2 Å². The number of nitrogens with zero attached hydrogens (tertiary/aromatic N) is 2. The predicted molar refractivity (Wildman–Crippen MR) is 65.3 cm³/mol. The Morgan fingerprint density at radius 1 is 1.60 bits per heavy atom. The SMILES string of the molecule is COC1CC(C(=O)O)N(C(=O)c2cc([N+](=O)[O-])c[nH]2)C1. The standard InChI is InChI=1S/C11H13N3O6/c1-20-7-3-9(11(16)17)13(5-7)10(15)8-2-6(4-12-8)14(18)19/h2,4,7,9,12H,3,5H2,1H3,(H,16,17). The summed E-state index contributed by atoms with van der Waals surface area (Å²) in [6.45, 7) is 0.138. The Morgan fingerprint density at radius 2 is 2.30 bits per heavy atom. The molecule has 1 aliphatic heterocycles. The number of aliphatic carboxylic acids is 1. The van der Waals surface area contributed by atoms with Crippen LogP contribution in [0.25, 0.3) is 0 Å². The minimum Gasteiger partial charge on any atom is -0.480 e. The lowest BCUT2D eigenvalue weighted by Crippen LogP contribution is -2.40. The third kappa shape index (κ3) is 2.48. The molecule has 1 aromatic heterocycles. The molecule has 2 rings (SSSR count). The number of aromatic amines is 1. The number of likely N-dealkylation sites (tertiary alicyclic amines) is 1. The monoisotopic (exact) mass is 283 g/mol. The average Bonchev–Trinajstić information content (AvgIpc) is 3.04. The van der Waals surface area contributed by atoms with Crippen molar-refractivity contribution in [2.45, 2.75) is 18.6 Å². The van der Waals surface area contributed by atoms with Crippen LogP contribution in [0.4, 0.5) is 5.69 Å². The summed E-state index contributed by atoms with van der Waals surface area (Å²) >= 11 is 0. The van der Waals surface area contributed by atoms with Gasteiger partial charge in [0, 0.05) is 26.1 Å². The molecule has 20 heavy (non-hydrogen) atoms. The van der Waals surface area contributed by atoms with Gasteiger partial charge < -0.3 is 19.7 Å². The quantitative estimate of drug-likeness (QED) is 0.602. The number of aromatic nitrogens is 1. The molecular formula is C11H13N3O6. The van der Waals surface area contributed by atoms with E-state index in [1.807, 2.05) is 0 Å². The number of hydrogen-bond donors (Lipinski definition) is 2. The molecule has 9 heteroatoms. The van der Waals surface area contributed by atoms with Gasteiger partial charge in [-0.1, -0.05) is 0 Å². The molecule has 2 unspecified atom stereocenters. The van der Waals surface area contributed by atoms with E-state index in [4.69, 9.17) is 9.84 Å². The van der Waals surface area contributed by atoms with E-state index in [0.717, 1.165) is 17.2 Å². The smallest absolute Gasteiger partial charge is 0.326 e. The highest BCUT2D eigenvalue weighted by Crippen LogP contribution is 2.23. The first kappa shape index (κ1) is 14.0. The minimum atomic E-state index is -1.13. The van der Waals surface area contributed by atoms with Gasteiger partial charge in [0.1, 0.15) is 11.7 Å². The largest absolute Gasteiger partial charge is 0.480 e. The van der Waals surface area contributed by atoms with E-state index in [2.05, 4.69) is 4.98 Å². The van der Waals surface area contributed by atoms with E-state index in [-0.39, 0.29) is 30.5 Å². The van der Waals surface area contributed by atoms with E-state index in [1.54, 1.807) is 0 Å². The van der Waals surface area contributed by atoms with Crippen LogP contribution in [0.15, 0.2) is 12.3 Å². The lowest BCUT2D eigenvalue weighted by atomic mass is 10.2. The molecule has 0 spiro atoms. The third-order valence-corrected chi connectivity index (χ3v) is 3.25. The molecule has 0 radical (unpaired) electrons. The second kappa shape index (κ2) is 5.29. The second-order valence-electron chi connectivity index (χ2n) is 4.43. The molecule has 1 aliphatic rings. The molecule has 1 aromatic rings. The first-order chi connectivity index (χ1) is 9.43. The van der Waals surface area contributed by atoms with Gasteiger partial charge in [-0.25, -0.2) is 4.79 Å². The summed E-state index contributed by atoms with van der Waals surface area (Å²) in [7, 11) is 1.44. The normalized spacial score (nSPS) is 21.9. The van der Waals surface area contributed by atoms with Crippen molar-refractivity contribution in [2.24, 2.45) is 0 Å². The van der Waals surface area contributed by atoms with Gasteiger partial charge in [0.25, 0.3) is 11.6 Å². The van der Waals surface area contributed by atoms with Crippen molar-refractivity contribution in [3.8, 4) is 0 Å². The van der Waals surface area contributed by atoms with Gasteiger partial charge in [-0.15, -0.1) is 0 Å². The summed E-state index contributed by atoms with van der Waals surface area (Å²) in [5.74, 6) is -1.72. The minimum absolute atomic E-state index is 0.0142. The van der Waals surface area contributed by atoms with Gasteiger partial charge >= 0.3 is 5.97 Å². The van der Waals surface area contributed by atoms with Gasteiger partial charge in [-0.2, -0.15) is 0 Å². The second-order valence-corrected chi connectivity index (χ2v) is 4.43. The summed E-state index contributed by atoms with van der Waals surface area (Å²) in [6, 6.07) is 0.0938. The van der Waals surface area contributed by atoms with Crippen molar-refractivity contribution in [1.29, 1.82) is 0 Å². The van der Waals surface area contributed by atoms with Gasteiger partial charge in [-0.3, -0.25) is 14.9 Å². The zero-order valence-corrected chi connectivity index (χ0v) is 10.6. The molecule has 9 nitrogen and oxygen atoms in total. The first-order valence-corrected chi connectivity index (χ1v) is 5.83. The molecule has 1 fully saturated rings. The van der Waals surface area contributed by atoms with Crippen LogP contribution in [0.2, 0.25) is 0 Å². The number of methoxy groups -OCH3 is 1. The van der Waals surface area contributed by atoms with Crippen molar-refractivity contribution in [2.75, 3.05) is 13.7 Å². The fourth-order valence-electron chi connectivity index (χ4n) is 2.19. The zero-order valence-electron chi connectivity index (χ0n) is 10.6. The number of carboxylic acid groups (broad SMARTS) is 1. The zero-order chi connectivity index (χ0) is 14.9. The summed E-state index contributed by atoms with van der Waals surface area (Å²) in [4.78, 5) is 36.9. The van der Waals surface area contributed by atoms with E-state index < -0.39 is 22.8 Å². The maximum absolute atomic E-state index is 12.2. The molecule has 2 atom stereocenters.